The molecule has 90 valence electrons. The van der Waals surface area contributed by atoms with Crippen LogP contribution in [-0.4, -0.2) is 18.6 Å². The molecular weight excluding hydrogens is 214 g/mol. The standard InChI is InChI=1S/C10H16F2N4/c1-6(2)5-16(3)10-8(12)4-7(11)9(14-10)15-13/h4,6H,5,13H2,1-3H3,(H,14,15). The van der Waals surface area contributed by atoms with Crippen LogP contribution in [0, 0.1) is 17.6 Å². The minimum Gasteiger partial charge on any atom is -0.357 e. The molecule has 0 amide bonds. The van der Waals surface area contributed by atoms with Crippen molar-refractivity contribution in [3.8, 4) is 0 Å². The van der Waals surface area contributed by atoms with Crippen LogP contribution in [-0.2, 0) is 0 Å². The average Bonchev–Trinajstić information content (AvgIpc) is 2.16. The minimum absolute atomic E-state index is 0.0862. The van der Waals surface area contributed by atoms with E-state index in [4.69, 9.17) is 5.84 Å². The minimum atomic E-state index is -0.804. The molecule has 6 heteroatoms. The monoisotopic (exact) mass is 230 g/mol. The lowest BCUT2D eigenvalue weighted by Gasteiger charge is -2.21. The number of nitrogens with zero attached hydrogens (tertiary/aromatic N) is 2. The van der Waals surface area contributed by atoms with Gasteiger partial charge in [-0.3, -0.25) is 0 Å². The van der Waals surface area contributed by atoms with Crippen LogP contribution in [0.4, 0.5) is 20.4 Å². The maximum Gasteiger partial charge on any atom is 0.178 e. The smallest absolute Gasteiger partial charge is 0.178 e. The van der Waals surface area contributed by atoms with Crippen LogP contribution in [0.5, 0.6) is 0 Å². The highest BCUT2D eigenvalue weighted by molar-refractivity contribution is 5.48. The zero-order chi connectivity index (χ0) is 12.3. The zero-order valence-corrected chi connectivity index (χ0v) is 9.59. The molecule has 1 aromatic rings. The van der Waals surface area contributed by atoms with Crippen molar-refractivity contribution in [3.05, 3.63) is 17.7 Å². The Balaban J connectivity index is 3.03. The first-order chi connectivity index (χ1) is 7.45. The van der Waals surface area contributed by atoms with E-state index in [1.807, 2.05) is 13.8 Å². The molecule has 0 radical (unpaired) electrons. The van der Waals surface area contributed by atoms with E-state index < -0.39 is 11.6 Å². The number of hydrogen-bond donors (Lipinski definition) is 2. The van der Waals surface area contributed by atoms with Gasteiger partial charge in [-0.1, -0.05) is 13.8 Å². The van der Waals surface area contributed by atoms with Crippen molar-refractivity contribution in [2.45, 2.75) is 13.8 Å². The maximum absolute atomic E-state index is 13.5. The van der Waals surface area contributed by atoms with Crippen molar-refractivity contribution < 1.29 is 8.78 Å². The first-order valence-electron chi connectivity index (χ1n) is 4.99. The summed E-state index contributed by atoms with van der Waals surface area (Å²) in [5.41, 5.74) is 2.09. The summed E-state index contributed by atoms with van der Waals surface area (Å²) >= 11 is 0. The number of hydrogen-bond acceptors (Lipinski definition) is 4. The van der Waals surface area contributed by atoms with Crippen molar-refractivity contribution in [2.75, 3.05) is 23.9 Å². The van der Waals surface area contributed by atoms with Crippen LogP contribution in [0.3, 0.4) is 0 Å². The number of nitrogens with one attached hydrogen (secondary N) is 1. The van der Waals surface area contributed by atoms with Gasteiger partial charge in [-0.2, -0.15) is 0 Å². The Kier molecular flexibility index (Phi) is 4.00. The summed E-state index contributed by atoms with van der Waals surface area (Å²) in [7, 11) is 1.70. The second-order valence-corrected chi connectivity index (χ2v) is 4.04. The molecule has 0 saturated heterocycles. The van der Waals surface area contributed by atoms with E-state index in [9.17, 15) is 8.78 Å². The molecule has 16 heavy (non-hydrogen) atoms. The zero-order valence-electron chi connectivity index (χ0n) is 9.59. The third kappa shape index (κ3) is 2.79. The van der Waals surface area contributed by atoms with Crippen LogP contribution in [0.2, 0.25) is 0 Å². The first kappa shape index (κ1) is 12.6. The largest absolute Gasteiger partial charge is 0.357 e. The van der Waals surface area contributed by atoms with Gasteiger partial charge < -0.3 is 10.3 Å². The summed E-state index contributed by atoms with van der Waals surface area (Å²) in [5, 5.41) is 0. The molecular formula is C10H16F2N4. The predicted octanol–water partition coefficient (Wildman–Crippen LogP) is 1.74. The number of halogens is 2. The average molecular weight is 230 g/mol. The molecule has 0 aliphatic rings. The molecule has 1 heterocycles. The van der Waals surface area contributed by atoms with Gasteiger partial charge in [0.2, 0.25) is 0 Å². The Hall–Kier alpha value is -1.43. The van der Waals surface area contributed by atoms with E-state index in [0.717, 1.165) is 6.07 Å². The van der Waals surface area contributed by atoms with Crippen molar-refractivity contribution in [2.24, 2.45) is 11.8 Å². The van der Waals surface area contributed by atoms with E-state index in [2.05, 4.69) is 10.4 Å². The Labute approximate surface area is 93.4 Å². The second kappa shape index (κ2) is 5.07. The Bertz CT molecular complexity index is 368. The summed E-state index contributed by atoms with van der Waals surface area (Å²) in [6.45, 7) is 4.62. The molecule has 0 aliphatic carbocycles. The Morgan fingerprint density at radius 2 is 2.06 bits per heavy atom. The van der Waals surface area contributed by atoms with Crippen molar-refractivity contribution >= 4 is 11.6 Å². The fraction of sp³-hybridized carbons (Fsp3) is 0.500. The molecule has 4 nitrogen and oxygen atoms in total. The fourth-order valence-electron chi connectivity index (χ4n) is 1.46. The number of nitrogens with two attached hydrogens (primary N) is 1. The van der Waals surface area contributed by atoms with Gasteiger partial charge in [-0.05, 0) is 5.92 Å². The molecule has 0 fully saturated rings. The third-order valence-electron chi connectivity index (χ3n) is 2.05. The summed E-state index contributed by atoms with van der Waals surface area (Å²) in [4.78, 5) is 5.41. The molecule has 3 N–H and O–H groups in total. The summed E-state index contributed by atoms with van der Waals surface area (Å²) in [6.07, 6.45) is 0. The summed E-state index contributed by atoms with van der Waals surface area (Å²) in [5.74, 6) is 3.86. The highest BCUT2D eigenvalue weighted by Crippen LogP contribution is 2.21. The molecule has 1 rings (SSSR count). The normalized spacial score (nSPS) is 10.7. The van der Waals surface area contributed by atoms with Crippen LogP contribution < -0.4 is 16.2 Å². The van der Waals surface area contributed by atoms with E-state index >= 15 is 0 Å². The van der Waals surface area contributed by atoms with E-state index in [1.165, 1.54) is 0 Å². The maximum atomic E-state index is 13.5. The molecule has 0 saturated carbocycles. The second-order valence-electron chi connectivity index (χ2n) is 4.04. The number of nitrogen functional groups attached to an aromatic ring is 1. The molecule has 0 spiro atoms. The lowest BCUT2D eigenvalue weighted by Crippen LogP contribution is -2.25. The highest BCUT2D eigenvalue weighted by Gasteiger charge is 2.15. The van der Waals surface area contributed by atoms with Gasteiger partial charge in [0.15, 0.2) is 23.3 Å². The third-order valence-corrected chi connectivity index (χ3v) is 2.05. The van der Waals surface area contributed by atoms with Crippen molar-refractivity contribution in [3.63, 3.8) is 0 Å². The molecule has 0 unspecified atom stereocenters. The lowest BCUT2D eigenvalue weighted by molar-refractivity contribution is 0.563. The van der Waals surface area contributed by atoms with Gasteiger partial charge in [0.1, 0.15) is 0 Å². The van der Waals surface area contributed by atoms with E-state index in [0.29, 0.717) is 12.5 Å². The summed E-state index contributed by atoms with van der Waals surface area (Å²) < 4.78 is 26.5. The Morgan fingerprint density at radius 3 is 2.56 bits per heavy atom. The summed E-state index contributed by atoms with van der Waals surface area (Å²) in [6, 6.07) is 0.772. The Morgan fingerprint density at radius 1 is 1.44 bits per heavy atom. The number of rotatable bonds is 4. The quantitative estimate of drug-likeness (QED) is 0.611. The number of aromatic nitrogens is 1. The fourth-order valence-corrected chi connectivity index (χ4v) is 1.46. The van der Waals surface area contributed by atoms with E-state index in [1.54, 1.807) is 11.9 Å². The van der Waals surface area contributed by atoms with Crippen LogP contribution in [0.25, 0.3) is 0 Å². The van der Waals surface area contributed by atoms with E-state index in [-0.39, 0.29) is 11.6 Å². The molecule has 0 aliphatic heterocycles. The number of pyridine rings is 1. The number of hydrazine groups is 1. The molecule has 0 atom stereocenters. The van der Waals surface area contributed by atoms with Crippen LogP contribution in [0.15, 0.2) is 6.07 Å². The van der Waals surface area contributed by atoms with Crippen molar-refractivity contribution in [1.29, 1.82) is 0 Å². The number of anilines is 2. The van der Waals surface area contributed by atoms with Gasteiger partial charge in [-0.15, -0.1) is 0 Å². The lowest BCUT2D eigenvalue weighted by atomic mass is 10.2. The highest BCUT2D eigenvalue weighted by atomic mass is 19.1. The first-order valence-corrected chi connectivity index (χ1v) is 4.99. The van der Waals surface area contributed by atoms with Crippen LogP contribution >= 0.6 is 0 Å². The van der Waals surface area contributed by atoms with Gasteiger partial charge in [0, 0.05) is 19.7 Å². The topological polar surface area (TPSA) is 54.2 Å². The van der Waals surface area contributed by atoms with Gasteiger partial charge in [0.05, 0.1) is 0 Å². The molecule has 0 bridgehead atoms. The van der Waals surface area contributed by atoms with Crippen LogP contribution in [0.1, 0.15) is 13.8 Å². The molecule has 0 aromatic carbocycles. The van der Waals surface area contributed by atoms with Gasteiger partial charge in [-0.25, -0.2) is 19.6 Å². The van der Waals surface area contributed by atoms with Gasteiger partial charge in [0.25, 0.3) is 0 Å². The molecule has 1 aromatic heterocycles. The van der Waals surface area contributed by atoms with Gasteiger partial charge >= 0.3 is 0 Å². The SMILES string of the molecule is CC(C)CN(C)c1nc(NN)c(F)cc1F. The van der Waals surface area contributed by atoms with Crippen molar-refractivity contribution in [1.82, 2.24) is 4.98 Å². The predicted molar refractivity (Wildman–Crippen MR) is 60.1 cm³/mol.